The van der Waals surface area contributed by atoms with Crippen LogP contribution in [-0.4, -0.2) is 109 Å². The predicted molar refractivity (Wildman–Crippen MR) is 185 cm³/mol. The highest BCUT2D eigenvalue weighted by Crippen LogP contribution is 2.26. The molecular weight excluding hydrogens is 643 g/mol. The molecule has 0 aliphatic rings. The second-order valence-electron chi connectivity index (χ2n) is 14.0. The number of unbranched alkanes of at least 4 members (excludes halogenated alkanes) is 1. The number of likely N-dealkylation sites (N-methyl/N-ethyl adjacent to an activating group) is 1. The van der Waals surface area contributed by atoms with Crippen molar-refractivity contribution in [3.05, 3.63) is 0 Å². The largest absolute Gasteiger partial charge is 0.481 e. The Morgan fingerprint density at radius 3 is 1.94 bits per heavy atom. The standard InChI is InChI=1S/C33H61N4O10P/c1-22(27(40)41)20-31(2,3)30(45)37-23(28(42)43)13-14-25(38)36-17-19-47-32(4,5)15-18-46-33(6,7)21-26(39)35-16-11-10-12-24(34-8)29(44)48-9/h22-24,34,48H,10-21H2,1-9H3,(H,35,39)(H,36,38)(H,37,45)(H,40,41)(H,42,43)/t22?,23-,24+/m0/s1. The lowest BCUT2D eigenvalue weighted by molar-refractivity contribution is -0.146. The fraction of sp³-hybridized carbons (Fsp3) is 0.818. The highest BCUT2D eigenvalue weighted by molar-refractivity contribution is 7.57. The summed E-state index contributed by atoms with van der Waals surface area (Å²) in [5.41, 5.74) is -2.14. The molecule has 0 aromatic carbocycles. The van der Waals surface area contributed by atoms with Crippen molar-refractivity contribution in [3.8, 4) is 0 Å². The maximum absolute atomic E-state index is 12.7. The molecule has 0 rings (SSSR count). The van der Waals surface area contributed by atoms with Crippen LogP contribution in [0.4, 0.5) is 0 Å². The van der Waals surface area contributed by atoms with Crippen LogP contribution in [0.15, 0.2) is 0 Å². The van der Waals surface area contributed by atoms with Gasteiger partial charge in [-0.1, -0.05) is 29.4 Å². The van der Waals surface area contributed by atoms with Crippen LogP contribution < -0.4 is 21.3 Å². The van der Waals surface area contributed by atoms with Crippen LogP contribution in [0.5, 0.6) is 0 Å². The summed E-state index contributed by atoms with van der Waals surface area (Å²) in [6.45, 7) is 15.2. The van der Waals surface area contributed by atoms with Crippen LogP contribution in [-0.2, 0) is 38.2 Å². The SMILES string of the molecule is CN[C@H](CCCCNC(=O)CC(C)(C)OCCC(C)(C)OCCNC(=O)CC[C@H](NC(=O)C(C)(C)CC(C)C(=O)O)C(=O)O)C(=O)PC. The highest BCUT2D eigenvalue weighted by Gasteiger charge is 2.34. The fourth-order valence-corrected chi connectivity index (χ4v) is 5.50. The van der Waals surface area contributed by atoms with E-state index in [0.29, 0.717) is 19.6 Å². The molecule has 2 unspecified atom stereocenters. The van der Waals surface area contributed by atoms with Gasteiger partial charge in [0, 0.05) is 24.9 Å². The number of amides is 3. The lowest BCUT2D eigenvalue weighted by Gasteiger charge is -2.29. The van der Waals surface area contributed by atoms with E-state index in [0.717, 1.165) is 19.3 Å². The Morgan fingerprint density at radius 2 is 1.38 bits per heavy atom. The molecule has 15 heteroatoms. The fourth-order valence-electron chi connectivity index (χ4n) is 4.87. The molecule has 0 bridgehead atoms. The van der Waals surface area contributed by atoms with Crippen LogP contribution in [0, 0.1) is 11.3 Å². The highest BCUT2D eigenvalue weighted by atomic mass is 31.1. The number of carbonyl (C=O) groups is 6. The molecule has 278 valence electrons. The number of aliphatic carboxylic acids is 2. The van der Waals surface area contributed by atoms with Crippen molar-refractivity contribution in [2.45, 2.75) is 123 Å². The van der Waals surface area contributed by atoms with Crippen molar-refractivity contribution >= 4 is 43.8 Å². The van der Waals surface area contributed by atoms with Crippen molar-refractivity contribution < 1.29 is 48.5 Å². The molecule has 14 nitrogen and oxygen atoms in total. The van der Waals surface area contributed by atoms with Crippen molar-refractivity contribution in [1.82, 2.24) is 21.3 Å². The Labute approximate surface area is 287 Å². The minimum Gasteiger partial charge on any atom is -0.481 e. The van der Waals surface area contributed by atoms with E-state index in [2.05, 4.69) is 21.3 Å². The van der Waals surface area contributed by atoms with Crippen LogP contribution in [0.25, 0.3) is 0 Å². The molecule has 6 N–H and O–H groups in total. The van der Waals surface area contributed by atoms with E-state index in [1.807, 2.05) is 34.4 Å². The van der Waals surface area contributed by atoms with Crippen molar-refractivity contribution in [1.29, 1.82) is 0 Å². The number of rotatable bonds is 27. The second-order valence-corrected chi connectivity index (χ2v) is 15.0. The molecule has 0 saturated heterocycles. The molecule has 0 radical (unpaired) electrons. The van der Waals surface area contributed by atoms with E-state index in [4.69, 9.17) is 14.6 Å². The van der Waals surface area contributed by atoms with Crippen molar-refractivity contribution in [3.63, 3.8) is 0 Å². The summed E-state index contributed by atoms with van der Waals surface area (Å²) in [7, 11) is 2.05. The summed E-state index contributed by atoms with van der Waals surface area (Å²) in [5.74, 6) is -4.21. The zero-order valence-corrected chi connectivity index (χ0v) is 31.4. The maximum atomic E-state index is 12.7. The number of ether oxygens (including phenoxy) is 2. The van der Waals surface area contributed by atoms with E-state index in [-0.39, 0.29) is 64.9 Å². The third-order valence-corrected chi connectivity index (χ3v) is 8.81. The zero-order valence-electron chi connectivity index (χ0n) is 30.4. The van der Waals surface area contributed by atoms with Gasteiger partial charge in [0.25, 0.3) is 0 Å². The summed E-state index contributed by atoms with van der Waals surface area (Å²) >= 11 is 0. The van der Waals surface area contributed by atoms with E-state index in [1.165, 1.54) is 6.92 Å². The van der Waals surface area contributed by atoms with Crippen LogP contribution in [0.1, 0.15) is 99.8 Å². The topological polar surface area (TPSA) is 209 Å². The quantitative estimate of drug-likeness (QED) is 0.0541. The molecule has 0 fully saturated rings. The predicted octanol–water partition coefficient (Wildman–Crippen LogP) is 2.67. The smallest absolute Gasteiger partial charge is 0.326 e. The van der Waals surface area contributed by atoms with Gasteiger partial charge < -0.3 is 41.0 Å². The van der Waals surface area contributed by atoms with Crippen LogP contribution >= 0.6 is 8.58 Å². The Morgan fingerprint density at radius 1 is 0.771 bits per heavy atom. The average Bonchev–Trinajstić information content (AvgIpc) is 2.97. The first-order valence-electron chi connectivity index (χ1n) is 16.6. The van der Waals surface area contributed by atoms with Gasteiger partial charge in [0.2, 0.25) is 17.7 Å². The molecule has 4 atom stereocenters. The number of carbonyl (C=O) groups excluding carboxylic acids is 4. The minimum atomic E-state index is -1.30. The number of carboxylic acids is 2. The van der Waals surface area contributed by atoms with Gasteiger partial charge in [0.15, 0.2) is 5.52 Å². The molecule has 0 aliphatic heterocycles. The minimum absolute atomic E-state index is 0.0299. The second kappa shape index (κ2) is 22.1. The van der Waals surface area contributed by atoms with Gasteiger partial charge in [-0.3, -0.25) is 24.0 Å². The van der Waals surface area contributed by atoms with E-state index < -0.39 is 52.3 Å². The van der Waals surface area contributed by atoms with Gasteiger partial charge >= 0.3 is 11.9 Å². The maximum Gasteiger partial charge on any atom is 0.326 e. The molecule has 0 spiro atoms. The molecule has 0 heterocycles. The summed E-state index contributed by atoms with van der Waals surface area (Å²) < 4.78 is 11.9. The number of hydrogen-bond donors (Lipinski definition) is 6. The number of carboxylic acid groups (broad SMARTS) is 2. The lowest BCUT2D eigenvalue weighted by Crippen LogP contribution is -2.47. The Balaban J connectivity index is 4.41. The first-order chi connectivity index (χ1) is 22.2. The van der Waals surface area contributed by atoms with Crippen molar-refractivity contribution in [2.75, 3.05) is 40.0 Å². The first kappa shape index (κ1) is 45.3. The summed E-state index contributed by atoms with van der Waals surface area (Å²) in [4.78, 5) is 72.1. The first-order valence-corrected chi connectivity index (χ1v) is 18.1. The van der Waals surface area contributed by atoms with Gasteiger partial charge in [-0.05, 0) is 79.9 Å². The van der Waals surface area contributed by atoms with Crippen LogP contribution in [0.2, 0.25) is 0 Å². The Kier molecular flexibility index (Phi) is 20.9. The molecule has 48 heavy (non-hydrogen) atoms. The van der Waals surface area contributed by atoms with Gasteiger partial charge in [0.1, 0.15) is 6.04 Å². The third kappa shape index (κ3) is 20.0. The van der Waals surface area contributed by atoms with Crippen LogP contribution in [0.3, 0.4) is 0 Å². The van der Waals surface area contributed by atoms with E-state index in [1.54, 1.807) is 20.9 Å². The molecule has 0 aliphatic carbocycles. The molecule has 3 amide bonds. The Bertz CT molecular complexity index is 1070. The van der Waals surface area contributed by atoms with Crippen molar-refractivity contribution in [2.24, 2.45) is 11.3 Å². The monoisotopic (exact) mass is 704 g/mol. The summed E-state index contributed by atoms with van der Waals surface area (Å²) in [5, 5.41) is 29.7. The van der Waals surface area contributed by atoms with Gasteiger partial charge in [-0.25, -0.2) is 4.79 Å². The Hall–Kier alpha value is -2.67. The molecular formula is C33H61N4O10P. The molecule has 0 aromatic heterocycles. The van der Waals surface area contributed by atoms with Gasteiger partial charge in [-0.15, -0.1) is 0 Å². The number of nitrogens with one attached hydrogen (secondary N) is 4. The van der Waals surface area contributed by atoms with E-state index >= 15 is 0 Å². The average molecular weight is 705 g/mol. The molecule has 0 aromatic rings. The van der Waals surface area contributed by atoms with Gasteiger partial charge in [0.05, 0.1) is 42.8 Å². The van der Waals surface area contributed by atoms with Gasteiger partial charge in [-0.2, -0.15) is 0 Å². The number of hydrogen-bond acceptors (Lipinski definition) is 9. The summed E-state index contributed by atoms with van der Waals surface area (Å²) in [6.07, 6.45) is 2.86. The zero-order chi connectivity index (χ0) is 37.1. The van der Waals surface area contributed by atoms with E-state index in [9.17, 15) is 33.9 Å². The summed E-state index contributed by atoms with van der Waals surface area (Å²) in [6, 6.07) is -1.43. The lowest BCUT2D eigenvalue weighted by atomic mass is 9.82. The third-order valence-electron chi connectivity index (χ3n) is 7.97. The molecule has 0 saturated carbocycles. The normalized spacial score (nSPS) is 14.3.